The van der Waals surface area contributed by atoms with Gasteiger partial charge in [-0.25, -0.2) is 4.39 Å². The number of aryl methyl sites for hydroxylation is 1. The van der Waals surface area contributed by atoms with Crippen molar-refractivity contribution < 1.29 is 4.39 Å². The molecule has 1 aromatic heterocycles. The second-order valence-corrected chi connectivity index (χ2v) is 11.2. The van der Waals surface area contributed by atoms with Crippen molar-refractivity contribution in [2.75, 3.05) is 4.90 Å². The first kappa shape index (κ1) is 26.0. The maximum atomic E-state index is 15.1. The monoisotopic (exact) mass is 568 g/mol. The average Bonchev–Trinajstić information content (AvgIpc) is 3.40. The van der Waals surface area contributed by atoms with Gasteiger partial charge in [0.15, 0.2) is 0 Å². The van der Waals surface area contributed by atoms with Crippen LogP contribution < -0.4 is 4.90 Å². The zero-order chi connectivity index (χ0) is 29.6. The van der Waals surface area contributed by atoms with E-state index in [0.29, 0.717) is 5.69 Å². The fourth-order valence-corrected chi connectivity index (χ4v) is 6.45. The van der Waals surface area contributed by atoms with Gasteiger partial charge in [-0.15, -0.1) is 0 Å². The molecule has 0 radical (unpaired) electrons. The summed E-state index contributed by atoms with van der Waals surface area (Å²) in [5.41, 5.74) is 9.25. The maximum Gasteiger partial charge on any atom is 0.147 e. The van der Waals surface area contributed by atoms with Gasteiger partial charge in [0.05, 0.1) is 16.7 Å². The van der Waals surface area contributed by atoms with Crippen molar-refractivity contribution in [3.8, 4) is 5.69 Å². The Bertz CT molecular complexity index is 2250. The first-order valence-electron chi connectivity index (χ1n) is 14.9. The highest BCUT2D eigenvalue weighted by Gasteiger charge is 2.18. The molecule has 0 spiro atoms. The van der Waals surface area contributed by atoms with Crippen LogP contribution in [0.1, 0.15) is 16.7 Å². The molecule has 0 saturated carbocycles. The molecular formula is C41H29FN2. The molecule has 0 aliphatic rings. The van der Waals surface area contributed by atoms with E-state index in [2.05, 4.69) is 127 Å². The summed E-state index contributed by atoms with van der Waals surface area (Å²) in [6, 6.07) is 49.5. The van der Waals surface area contributed by atoms with Gasteiger partial charge in [-0.05, 0) is 95.1 Å². The Balaban J connectivity index is 1.19. The Hall–Kier alpha value is -5.67. The molecule has 3 heteroatoms. The van der Waals surface area contributed by atoms with Crippen LogP contribution in [0.2, 0.25) is 0 Å². The Morgan fingerprint density at radius 2 is 1.23 bits per heavy atom. The number of rotatable bonds is 6. The second kappa shape index (κ2) is 10.6. The van der Waals surface area contributed by atoms with E-state index in [0.717, 1.165) is 33.8 Å². The molecule has 0 aliphatic carbocycles. The van der Waals surface area contributed by atoms with Crippen LogP contribution in [-0.4, -0.2) is 4.57 Å². The van der Waals surface area contributed by atoms with E-state index in [1.807, 2.05) is 35.2 Å². The first-order valence-corrected chi connectivity index (χ1v) is 14.9. The van der Waals surface area contributed by atoms with Gasteiger partial charge in [0.1, 0.15) is 5.82 Å². The molecule has 8 rings (SSSR count). The molecule has 7 aromatic carbocycles. The minimum Gasteiger partial charge on any atom is -0.309 e. The number of aromatic nitrogens is 1. The van der Waals surface area contributed by atoms with Crippen LogP contribution in [0.5, 0.6) is 0 Å². The van der Waals surface area contributed by atoms with Gasteiger partial charge in [0, 0.05) is 27.8 Å². The van der Waals surface area contributed by atoms with E-state index in [1.54, 1.807) is 6.07 Å². The predicted octanol–water partition coefficient (Wildman–Crippen LogP) is 11.5. The van der Waals surface area contributed by atoms with Crippen LogP contribution in [0, 0.1) is 12.7 Å². The number of hydrogen-bond acceptors (Lipinski definition) is 1. The lowest BCUT2D eigenvalue weighted by molar-refractivity contribution is 0.629. The summed E-state index contributed by atoms with van der Waals surface area (Å²) < 4.78 is 17.4. The molecule has 0 N–H and O–H groups in total. The van der Waals surface area contributed by atoms with Gasteiger partial charge in [0.25, 0.3) is 0 Å². The molecular weight excluding hydrogens is 539 g/mol. The Kier molecular flexibility index (Phi) is 6.23. The average molecular weight is 569 g/mol. The highest BCUT2D eigenvalue weighted by Crippen LogP contribution is 2.40. The molecule has 0 fully saturated rings. The molecule has 8 aromatic rings. The topological polar surface area (TPSA) is 8.17 Å². The summed E-state index contributed by atoms with van der Waals surface area (Å²) in [5.74, 6) is -0.256. The minimum absolute atomic E-state index is 0.256. The normalized spacial score (nSPS) is 11.8. The zero-order valence-electron chi connectivity index (χ0n) is 24.3. The summed E-state index contributed by atoms with van der Waals surface area (Å²) in [6.07, 6.45) is 4.32. The van der Waals surface area contributed by atoms with Crippen molar-refractivity contribution in [2.24, 2.45) is 0 Å². The van der Waals surface area contributed by atoms with Gasteiger partial charge >= 0.3 is 0 Å². The van der Waals surface area contributed by atoms with Crippen LogP contribution in [0.25, 0.3) is 50.4 Å². The lowest BCUT2D eigenvalue weighted by Crippen LogP contribution is -2.12. The smallest absolute Gasteiger partial charge is 0.147 e. The van der Waals surface area contributed by atoms with Gasteiger partial charge in [-0.3, -0.25) is 0 Å². The summed E-state index contributed by atoms with van der Waals surface area (Å²) in [6.45, 7) is 2.05. The number of hydrogen-bond donors (Lipinski definition) is 0. The predicted molar refractivity (Wildman–Crippen MR) is 184 cm³/mol. The fraction of sp³-hybridized carbons (Fsp3) is 0.0244. The van der Waals surface area contributed by atoms with Crippen LogP contribution >= 0.6 is 0 Å². The Labute approximate surface area is 255 Å². The van der Waals surface area contributed by atoms with Crippen molar-refractivity contribution in [2.45, 2.75) is 6.92 Å². The standard InChI is InChI=1S/C41H29FN2/c1-28-10-5-7-15-36(28)43(37-16-8-6-14-35(37)42)34-24-20-29(21-25-34)18-19-30-26-32-23-22-31-11-9-17-38-40(31)41(32)39(27-30)44(38)33-12-3-2-4-13-33/h2-27H,1H3. The van der Waals surface area contributed by atoms with Gasteiger partial charge in [-0.1, -0.05) is 97.1 Å². The molecule has 0 unspecified atom stereocenters. The number of benzene rings is 7. The van der Waals surface area contributed by atoms with Gasteiger partial charge in [-0.2, -0.15) is 0 Å². The summed E-state index contributed by atoms with van der Waals surface area (Å²) in [5, 5.41) is 5.10. The lowest BCUT2D eigenvalue weighted by atomic mass is 10.00. The van der Waals surface area contributed by atoms with Crippen LogP contribution in [0.15, 0.2) is 146 Å². The minimum atomic E-state index is -0.256. The van der Waals surface area contributed by atoms with Crippen molar-refractivity contribution in [1.29, 1.82) is 0 Å². The van der Waals surface area contributed by atoms with E-state index >= 15 is 4.39 Å². The van der Waals surface area contributed by atoms with Crippen molar-refractivity contribution >= 4 is 61.8 Å². The number of para-hydroxylation sites is 3. The van der Waals surface area contributed by atoms with Crippen LogP contribution in [-0.2, 0) is 0 Å². The van der Waals surface area contributed by atoms with E-state index in [1.165, 1.54) is 38.6 Å². The van der Waals surface area contributed by atoms with Crippen molar-refractivity contribution in [1.82, 2.24) is 4.57 Å². The maximum absolute atomic E-state index is 15.1. The van der Waals surface area contributed by atoms with E-state index in [-0.39, 0.29) is 5.82 Å². The van der Waals surface area contributed by atoms with Crippen LogP contribution in [0.4, 0.5) is 21.5 Å². The molecule has 2 nitrogen and oxygen atoms in total. The largest absolute Gasteiger partial charge is 0.309 e. The fourth-order valence-electron chi connectivity index (χ4n) is 6.45. The molecule has 210 valence electrons. The van der Waals surface area contributed by atoms with Crippen LogP contribution in [0.3, 0.4) is 0 Å². The molecule has 44 heavy (non-hydrogen) atoms. The lowest BCUT2D eigenvalue weighted by Gasteiger charge is -2.27. The first-order chi connectivity index (χ1) is 21.7. The summed E-state index contributed by atoms with van der Waals surface area (Å²) in [7, 11) is 0. The molecule has 0 amide bonds. The van der Waals surface area contributed by atoms with E-state index in [4.69, 9.17) is 0 Å². The Morgan fingerprint density at radius 3 is 2.02 bits per heavy atom. The summed E-state index contributed by atoms with van der Waals surface area (Å²) >= 11 is 0. The number of anilines is 3. The quantitative estimate of drug-likeness (QED) is 0.143. The Morgan fingerprint density at radius 1 is 0.545 bits per heavy atom. The molecule has 0 atom stereocenters. The van der Waals surface area contributed by atoms with E-state index in [9.17, 15) is 0 Å². The number of halogens is 1. The third-order valence-corrected chi connectivity index (χ3v) is 8.50. The van der Waals surface area contributed by atoms with E-state index < -0.39 is 0 Å². The zero-order valence-corrected chi connectivity index (χ0v) is 24.3. The highest BCUT2D eigenvalue weighted by atomic mass is 19.1. The molecule has 0 aliphatic heterocycles. The number of nitrogens with zero attached hydrogens (tertiary/aromatic N) is 2. The molecule has 0 saturated heterocycles. The summed E-state index contributed by atoms with van der Waals surface area (Å²) in [4.78, 5) is 1.99. The third kappa shape index (κ3) is 4.33. The van der Waals surface area contributed by atoms with Gasteiger partial charge in [0.2, 0.25) is 0 Å². The third-order valence-electron chi connectivity index (χ3n) is 8.50. The second-order valence-electron chi connectivity index (χ2n) is 11.2. The molecule has 0 bridgehead atoms. The molecule has 1 heterocycles. The van der Waals surface area contributed by atoms with Gasteiger partial charge < -0.3 is 9.47 Å². The highest BCUT2D eigenvalue weighted by molar-refractivity contribution is 6.24. The van der Waals surface area contributed by atoms with Crippen molar-refractivity contribution in [3.05, 3.63) is 168 Å². The van der Waals surface area contributed by atoms with Crippen molar-refractivity contribution in [3.63, 3.8) is 0 Å². The SMILES string of the molecule is Cc1ccccc1N(c1ccc(C=Cc2cc3ccc4cccc5c4c3c(c2)n5-c2ccccc2)cc1)c1ccccc1F.